The quantitative estimate of drug-likeness (QED) is 0.764. The van der Waals surface area contributed by atoms with Crippen LogP contribution in [0.15, 0.2) is 6.20 Å². The van der Waals surface area contributed by atoms with Crippen molar-refractivity contribution in [3.8, 4) is 0 Å². The van der Waals surface area contributed by atoms with Crippen LogP contribution in [-0.2, 0) is 20.9 Å². The van der Waals surface area contributed by atoms with Crippen LogP contribution < -0.4 is 0 Å². The molecule has 7 heteroatoms. The molecule has 0 aliphatic carbocycles. The Morgan fingerprint density at radius 1 is 1.60 bits per heavy atom. The van der Waals surface area contributed by atoms with Crippen molar-refractivity contribution in [2.24, 2.45) is 0 Å². The highest BCUT2D eigenvalue weighted by Gasteiger charge is 2.13. The maximum Gasteiger partial charge on any atom is 0.264 e. The third-order valence-electron chi connectivity index (χ3n) is 1.75. The Kier molecular flexibility index (Phi) is 3.75. The van der Waals surface area contributed by atoms with Crippen molar-refractivity contribution in [1.29, 1.82) is 0 Å². The molecule has 0 N–H and O–H groups in total. The zero-order valence-corrected chi connectivity index (χ0v) is 10.3. The van der Waals surface area contributed by atoms with E-state index in [1.807, 2.05) is 13.8 Å². The van der Waals surface area contributed by atoms with Gasteiger partial charge in [0, 0.05) is 6.04 Å². The predicted octanol–water partition coefficient (Wildman–Crippen LogP) is 1.59. The van der Waals surface area contributed by atoms with Gasteiger partial charge in [0.2, 0.25) is 0 Å². The van der Waals surface area contributed by atoms with Crippen LogP contribution in [0.3, 0.4) is 0 Å². The van der Waals surface area contributed by atoms with Gasteiger partial charge >= 0.3 is 0 Å². The molecule has 0 amide bonds. The van der Waals surface area contributed by atoms with Crippen LogP contribution in [0.4, 0.5) is 0 Å². The molecule has 1 aromatic rings. The minimum absolute atomic E-state index is 0.0875. The number of halogens is 1. The molecular weight excluding hydrogens is 240 g/mol. The lowest BCUT2D eigenvalue weighted by molar-refractivity contribution is 0.294. The molecule has 0 saturated carbocycles. The van der Waals surface area contributed by atoms with Gasteiger partial charge in [-0.25, -0.2) is 0 Å². The highest BCUT2D eigenvalue weighted by atomic mass is 35.5. The normalized spacial score (nSPS) is 12.3. The first-order valence-electron chi connectivity index (χ1n) is 4.37. The van der Waals surface area contributed by atoms with Crippen LogP contribution in [0.25, 0.3) is 0 Å². The third-order valence-corrected chi connectivity index (χ3v) is 2.61. The number of aromatic nitrogens is 2. The van der Waals surface area contributed by atoms with Crippen molar-refractivity contribution in [3.63, 3.8) is 0 Å². The van der Waals surface area contributed by atoms with E-state index >= 15 is 0 Å². The Hall–Kier alpha value is -0.590. The summed E-state index contributed by atoms with van der Waals surface area (Å²) >= 11 is 5.86. The molecule has 0 unspecified atom stereocenters. The van der Waals surface area contributed by atoms with Crippen molar-refractivity contribution in [3.05, 3.63) is 16.9 Å². The van der Waals surface area contributed by atoms with E-state index in [0.29, 0.717) is 10.7 Å². The second-order valence-corrected chi connectivity index (χ2v) is 5.49. The molecule has 5 nitrogen and oxygen atoms in total. The molecule has 1 aromatic heterocycles. The van der Waals surface area contributed by atoms with Crippen molar-refractivity contribution in [2.45, 2.75) is 26.5 Å². The van der Waals surface area contributed by atoms with Gasteiger partial charge in [-0.2, -0.15) is 13.5 Å². The zero-order chi connectivity index (χ0) is 11.6. The minimum atomic E-state index is -3.46. The second kappa shape index (κ2) is 4.51. The topological polar surface area (TPSA) is 61.2 Å². The molecule has 0 aliphatic rings. The summed E-state index contributed by atoms with van der Waals surface area (Å²) in [6.07, 6.45) is 2.47. The number of hydrogen-bond acceptors (Lipinski definition) is 4. The number of rotatable bonds is 4. The summed E-state index contributed by atoms with van der Waals surface area (Å²) in [6, 6.07) is 0.107. The summed E-state index contributed by atoms with van der Waals surface area (Å²) in [5.74, 6) is 0. The van der Waals surface area contributed by atoms with Crippen LogP contribution >= 0.6 is 11.6 Å². The SMILES string of the molecule is CC(C)n1ncc(Cl)c1COS(C)(=O)=O. The smallest absolute Gasteiger partial charge is 0.264 e. The van der Waals surface area contributed by atoms with Gasteiger partial charge in [-0.15, -0.1) is 0 Å². The molecule has 0 bridgehead atoms. The highest BCUT2D eigenvalue weighted by Crippen LogP contribution is 2.20. The summed E-state index contributed by atoms with van der Waals surface area (Å²) < 4.78 is 28.0. The Bertz CT molecular complexity index is 439. The molecular formula is C8H13ClN2O3S. The van der Waals surface area contributed by atoms with Crippen LogP contribution in [-0.4, -0.2) is 24.5 Å². The summed E-state index contributed by atoms with van der Waals surface area (Å²) in [6.45, 7) is 3.76. The van der Waals surface area contributed by atoms with Crippen LogP contribution in [0.5, 0.6) is 0 Å². The summed E-state index contributed by atoms with van der Waals surface area (Å²) in [4.78, 5) is 0. The average molecular weight is 253 g/mol. The summed E-state index contributed by atoms with van der Waals surface area (Å²) in [5.41, 5.74) is 0.567. The lowest BCUT2D eigenvalue weighted by Gasteiger charge is -2.10. The fourth-order valence-corrected chi connectivity index (χ4v) is 1.62. The third kappa shape index (κ3) is 3.48. The van der Waals surface area contributed by atoms with Gasteiger partial charge in [0.15, 0.2) is 0 Å². The molecule has 1 heterocycles. The molecule has 0 atom stereocenters. The van der Waals surface area contributed by atoms with E-state index in [0.717, 1.165) is 6.26 Å². The Labute approximate surface area is 94.1 Å². The largest absolute Gasteiger partial charge is 0.264 e. The van der Waals surface area contributed by atoms with E-state index in [2.05, 4.69) is 9.28 Å². The fraction of sp³-hybridized carbons (Fsp3) is 0.625. The highest BCUT2D eigenvalue weighted by molar-refractivity contribution is 7.85. The molecule has 15 heavy (non-hydrogen) atoms. The van der Waals surface area contributed by atoms with Crippen molar-refractivity contribution in [1.82, 2.24) is 9.78 Å². The molecule has 0 aromatic carbocycles. The molecule has 0 radical (unpaired) electrons. The monoisotopic (exact) mass is 252 g/mol. The lowest BCUT2D eigenvalue weighted by atomic mass is 10.3. The first kappa shape index (κ1) is 12.5. The molecule has 86 valence electrons. The molecule has 0 spiro atoms. The van der Waals surface area contributed by atoms with Crippen LogP contribution in [0.1, 0.15) is 25.6 Å². The van der Waals surface area contributed by atoms with Gasteiger partial charge < -0.3 is 0 Å². The van der Waals surface area contributed by atoms with Gasteiger partial charge in [0.05, 0.1) is 23.2 Å². The minimum Gasteiger partial charge on any atom is -0.264 e. The average Bonchev–Trinajstić information content (AvgIpc) is 2.42. The maximum absolute atomic E-state index is 10.8. The van der Waals surface area contributed by atoms with Gasteiger partial charge in [-0.1, -0.05) is 11.6 Å². The van der Waals surface area contributed by atoms with Crippen LogP contribution in [0.2, 0.25) is 5.02 Å². The van der Waals surface area contributed by atoms with E-state index in [1.165, 1.54) is 6.20 Å². The van der Waals surface area contributed by atoms with Crippen molar-refractivity contribution >= 4 is 21.7 Å². The van der Waals surface area contributed by atoms with Crippen molar-refractivity contribution in [2.75, 3.05) is 6.26 Å². The number of hydrogen-bond donors (Lipinski definition) is 0. The zero-order valence-electron chi connectivity index (χ0n) is 8.77. The molecule has 0 fully saturated rings. The van der Waals surface area contributed by atoms with E-state index in [4.69, 9.17) is 11.6 Å². The van der Waals surface area contributed by atoms with E-state index in [-0.39, 0.29) is 12.6 Å². The molecule has 1 rings (SSSR count). The standard InChI is InChI=1S/C8H13ClN2O3S/c1-6(2)11-8(7(9)4-10-11)5-14-15(3,12)13/h4,6H,5H2,1-3H3. The fourth-order valence-electron chi connectivity index (χ4n) is 1.11. The summed E-state index contributed by atoms with van der Waals surface area (Å²) in [7, 11) is -3.46. The first-order chi connectivity index (χ1) is 6.81. The Morgan fingerprint density at radius 3 is 2.67 bits per heavy atom. The van der Waals surface area contributed by atoms with Gasteiger partial charge in [-0.05, 0) is 13.8 Å². The van der Waals surface area contributed by atoms with E-state index in [1.54, 1.807) is 4.68 Å². The van der Waals surface area contributed by atoms with Crippen molar-refractivity contribution < 1.29 is 12.6 Å². The Morgan fingerprint density at radius 2 is 2.20 bits per heavy atom. The van der Waals surface area contributed by atoms with Gasteiger partial charge in [0.1, 0.15) is 6.61 Å². The number of nitrogens with zero attached hydrogens (tertiary/aromatic N) is 2. The van der Waals surface area contributed by atoms with Gasteiger partial charge in [-0.3, -0.25) is 8.86 Å². The maximum atomic E-state index is 10.8. The van der Waals surface area contributed by atoms with Crippen LogP contribution in [0, 0.1) is 0 Å². The molecule has 0 aliphatic heterocycles. The Balaban J connectivity index is 2.89. The van der Waals surface area contributed by atoms with Gasteiger partial charge in [0.25, 0.3) is 10.1 Å². The van der Waals surface area contributed by atoms with E-state index < -0.39 is 10.1 Å². The lowest BCUT2D eigenvalue weighted by Crippen LogP contribution is -2.11. The molecule has 0 saturated heterocycles. The predicted molar refractivity (Wildman–Crippen MR) is 57.3 cm³/mol. The summed E-state index contributed by atoms with van der Waals surface area (Å²) in [5, 5.41) is 4.44. The second-order valence-electron chi connectivity index (χ2n) is 3.44. The van der Waals surface area contributed by atoms with E-state index in [9.17, 15) is 8.42 Å². The first-order valence-corrected chi connectivity index (χ1v) is 6.57.